The average molecular weight is 198 g/mol. The van der Waals surface area contributed by atoms with Crippen molar-refractivity contribution in [3.63, 3.8) is 0 Å². The van der Waals surface area contributed by atoms with Crippen LogP contribution in [0.5, 0.6) is 0 Å². The summed E-state index contributed by atoms with van der Waals surface area (Å²) in [5, 5.41) is 0.510. The topological polar surface area (TPSA) is 42.1 Å². The van der Waals surface area contributed by atoms with Crippen LogP contribution in [0.15, 0.2) is 12.1 Å². The first-order valence-corrected chi connectivity index (χ1v) is 4.82. The summed E-state index contributed by atoms with van der Waals surface area (Å²) in [4.78, 5) is 6.40. The molecule has 0 saturated carbocycles. The molecule has 1 aliphatic heterocycles. The number of aromatic nitrogens is 1. The monoisotopic (exact) mass is 197 g/mol. The highest BCUT2D eigenvalue weighted by Crippen LogP contribution is 2.25. The third-order valence-electron chi connectivity index (χ3n) is 2.28. The van der Waals surface area contributed by atoms with Crippen LogP contribution in [0.3, 0.4) is 0 Å². The van der Waals surface area contributed by atoms with Crippen molar-refractivity contribution < 1.29 is 0 Å². The van der Waals surface area contributed by atoms with Gasteiger partial charge in [-0.2, -0.15) is 0 Å². The summed E-state index contributed by atoms with van der Waals surface area (Å²) >= 11 is 5.80. The minimum atomic E-state index is 0.510. The number of nitrogen functional groups attached to an aromatic ring is 1. The molecule has 2 heterocycles. The zero-order chi connectivity index (χ0) is 9.26. The second kappa shape index (κ2) is 3.42. The lowest BCUT2D eigenvalue weighted by Crippen LogP contribution is -2.20. The highest BCUT2D eigenvalue weighted by Gasteiger charge is 2.15. The molecular weight excluding hydrogens is 186 g/mol. The van der Waals surface area contributed by atoms with Gasteiger partial charge in [-0.25, -0.2) is 4.98 Å². The van der Waals surface area contributed by atoms with E-state index in [0.717, 1.165) is 18.9 Å². The first-order valence-electron chi connectivity index (χ1n) is 4.44. The van der Waals surface area contributed by atoms with Crippen molar-refractivity contribution in [3.8, 4) is 0 Å². The molecule has 0 aromatic carbocycles. The van der Waals surface area contributed by atoms with Crippen molar-refractivity contribution in [3.05, 3.63) is 17.3 Å². The predicted molar refractivity (Wildman–Crippen MR) is 55.1 cm³/mol. The molecule has 3 nitrogen and oxygen atoms in total. The third kappa shape index (κ3) is 1.70. The fourth-order valence-electron chi connectivity index (χ4n) is 1.62. The van der Waals surface area contributed by atoms with Gasteiger partial charge in [-0.15, -0.1) is 0 Å². The Morgan fingerprint density at radius 3 is 2.69 bits per heavy atom. The van der Waals surface area contributed by atoms with Gasteiger partial charge in [0, 0.05) is 13.1 Å². The van der Waals surface area contributed by atoms with Gasteiger partial charge in [0.25, 0.3) is 0 Å². The number of nitrogens with zero attached hydrogens (tertiary/aromatic N) is 2. The van der Waals surface area contributed by atoms with Gasteiger partial charge in [-0.3, -0.25) is 0 Å². The van der Waals surface area contributed by atoms with Gasteiger partial charge in [-0.1, -0.05) is 11.6 Å². The Balaban J connectivity index is 2.32. The summed E-state index contributed by atoms with van der Waals surface area (Å²) in [6.07, 6.45) is 2.43. The molecule has 4 heteroatoms. The Bertz CT molecular complexity index is 308. The summed E-state index contributed by atoms with van der Waals surface area (Å²) in [5.74, 6) is 0.838. The predicted octanol–water partition coefficient (Wildman–Crippen LogP) is 1.92. The van der Waals surface area contributed by atoms with E-state index < -0.39 is 0 Å². The molecule has 0 unspecified atom stereocenters. The van der Waals surface area contributed by atoms with Crippen molar-refractivity contribution in [2.24, 2.45) is 0 Å². The van der Waals surface area contributed by atoms with Crippen molar-refractivity contribution in [1.29, 1.82) is 0 Å². The van der Waals surface area contributed by atoms with E-state index in [1.165, 1.54) is 12.8 Å². The van der Waals surface area contributed by atoms with E-state index >= 15 is 0 Å². The normalized spacial score (nSPS) is 16.5. The van der Waals surface area contributed by atoms with Crippen molar-refractivity contribution in [2.45, 2.75) is 12.8 Å². The van der Waals surface area contributed by atoms with Crippen LogP contribution >= 0.6 is 11.6 Å². The molecule has 0 atom stereocenters. The maximum absolute atomic E-state index is 5.81. The van der Waals surface area contributed by atoms with Crippen LogP contribution in [-0.2, 0) is 0 Å². The van der Waals surface area contributed by atoms with Crippen molar-refractivity contribution in [2.75, 3.05) is 23.7 Å². The molecule has 0 aliphatic carbocycles. The molecule has 0 radical (unpaired) electrons. The number of hydrogen-bond acceptors (Lipinski definition) is 3. The Morgan fingerprint density at radius 2 is 2.00 bits per heavy atom. The zero-order valence-corrected chi connectivity index (χ0v) is 8.09. The molecule has 1 aromatic heterocycles. The first-order chi connectivity index (χ1) is 6.27. The lowest BCUT2D eigenvalue weighted by Gasteiger charge is -2.17. The van der Waals surface area contributed by atoms with Crippen LogP contribution < -0.4 is 10.6 Å². The lowest BCUT2D eigenvalue weighted by molar-refractivity contribution is 0.940. The van der Waals surface area contributed by atoms with Crippen molar-refractivity contribution in [1.82, 2.24) is 4.98 Å². The van der Waals surface area contributed by atoms with E-state index in [9.17, 15) is 0 Å². The van der Waals surface area contributed by atoms with Crippen molar-refractivity contribution >= 4 is 23.1 Å². The number of hydrogen-bond donors (Lipinski definition) is 1. The van der Waals surface area contributed by atoms with Gasteiger partial charge in [0.1, 0.15) is 5.15 Å². The quantitative estimate of drug-likeness (QED) is 0.700. The van der Waals surface area contributed by atoms with Crippen LogP contribution in [0.1, 0.15) is 12.8 Å². The highest BCUT2D eigenvalue weighted by atomic mass is 35.5. The SMILES string of the molecule is Nc1ccc(Cl)nc1N1CCCC1. The van der Waals surface area contributed by atoms with Gasteiger partial charge >= 0.3 is 0 Å². The Labute approximate surface area is 82.5 Å². The van der Waals surface area contributed by atoms with Crippen LogP contribution in [0.25, 0.3) is 0 Å². The van der Waals surface area contributed by atoms with E-state index in [1.54, 1.807) is 6.07 Å². The largest absolute Gasteiger partial charge is 0.396 e. The molecule has 1 fully saturated rings. The summed E-state index contributed by atoms with van der Waals surface area (Å²) < 4.78 is 0. The van der Waals surface area contributed by atoms with Gasteiger partial charge < -0.3 is 10.6 Å². The highest BCUT2D eigenvalue weighted by molar-refractivity contribution is 6.29. The number of pyridine rings is 1. The van der Waals surface area contributed by atoms with E-state index in [1.807, 2.05) is 6.07 Å². The molecule has 0 bridgehead atoms. The van der Waals surface area contributed by atoms with Gasteiger partial charge in [0.2, 0.25) is 0 Å². The minimum Gasteiger partial charge on any atom is -0.396 e. The Hall–Kier alpha value is -0.960. The Kier molecular flexibility index (Phi) is 2.27. The minimum absolute atomic E-state index is 0.510. The average Bonchev–Trinajstić information content (AvgIpc) is 2.61. The van der Waals surface area contributed by atoms with E-state index in [0.29, 0.717) is 10.8 Å². The zero-order valence-electron chi connectivity index (χ0n) is 7.33. The number of nitrogens with two attached hydrogens (primary N) is 1. The fourth-order valence-corrected chi connectivity index (χ4v) is 1.76. The van der Waals surface area contributed by atoms with E-state index in [2.05, 4.69) is 9.88 Å². The standard InChI is InChI=1S/C9H12ClN3/c10-8-4-3-7(11)9(12-8)13-5-1-2-6-13/h3-4H,1-2,5-6,11H2. The summed E-state index contributed by atoms with van der Waals surface area (Å²) in [7, 11) is 0. The third-order valence-corrected chi connectivity index (χ3v) is 2.49. The lowest BCUT2D eigenvalue weighted by atomic mass is 10.4. The maximum atomic E-state index is 5.81. The molecular formula is C9H12ClN3. The summed E-state index contributed by atoms with van der Waals surface area (Å²) in [5.41, 5.74) is 6.52. The number of halogens is 1. The molecule has 0 amide bonds. The molecule has 1 aliphatic rings. The molecule has 0 spiro atoms. The molecule has 1 aromatic rings. The number of rotatable bonds is 1. The smallest absolute Gasteiger partial charge is 0.153 e. The maximum Gasteiger partial charge on any atom is 0.153 e. The summed E-state index contributed by atoms with van der Waals surface area (Å²) in [6, 6.07) is 3.53. The molecule has 1 saturated heterocycles. The second-order valence-corrected chi connectivity index (χ2v) is 3.63. The van der Waals surface area contributed by atoms with Gasteiger partial charge in [0.05, 0.1) is 5.69 Å². The Morgan fingerprint density at radius 1 is 1.31 bits per heavy atom. The van der Waals surface area contributed by atoms with Gasteiger partial charge in [0.15, 0.2) is 5.82 Å². The van der Waals surface area contributed by atoms with Gasteiger partial charge in [-0.05, 0) is 25.0 Å². The van der Waals surface area contributed by atoms with E-state index in [-0.39, 0.29) is 0 Å². The molecule has 2 rings (SSSR count). The van der Waals surface area contributed by atoms with Crippen LogP contribution in [-0.4, -0.2) is 18.1 Å². The molecule has 13 heavy (non-hydrogen) atoms. The van der Waals surface area contributed by atoms with Crippen LogP contribution in [0, 0.1) is 0 Å². The fraction of sp³-hybridized carbons (Fsp3) is 0.444. The molecule has 2 N–H and O–H groups in total. The van der Waals surface area contributed by atoms with Crippen LogP contribution in [0.4, 0.5) is 11.5 Å². The van der Waals surface area contributed by atoms with Crippen LogP contribution in [0.2, 0.25) is 5.15 Å². The number of anilines is 2. The summed E-state index contributed by atoms with van der Waals surface area (Å²) in [6.45, 7) is 2.08. The van der Waals surface area contributed by atoms with E-state index in [4.69, 9.17) is 17.3 Å². The second-order valence-electron chi connectivity index (χ2n) is 3.24. The first kappa shape index (κ1) is 8.63. The molecule has 70 valence electrons.